The van der Waals surface area contributed by atoms with Crippen LogP contribution in [0.4, 0.5) is 17.1 Å². The molecule has 3 heterocycles. The number of para-hydroxylation sites is 1. The first-order valence-corrected chi connectivity index (χ1v) is 15.5. The molecule has 0 atom stereocenters. The normalized spacial score (nSPS) is 11.8. The lowest BCUT2D eigenvalue weighted by Gasteiger charge is -2.25. The van der Waals surface area contributed by atoms with Gasteiger partial charge in [-0.25, -0.2) is 4.98 Å². The van der Waals surface area contributed by atoms with E-state index in [9.17, 15) is 0 Å². The van der Waals surface area contributed by atoms with Gasteiger partial charge in [0.2, 0.25) is 5.89 Å². The largest absolute Gasteiger partial charge is 0.436 e. The third kappa shape index (κ3) is 3.75. The maximum Gasteiger partial charge on any atom is 0.227 e. The molecule has 0 aliphatic rings. The number of anilines is 3. The van der Waals surface area contributed by atoms with Gasteiger partial charge < -0.3 is 9.32 Å². The zero-order valence-corrected chi connectivity index (χ0v) is 24.0. The minimum absolute atomic E-state index is 0.653. The summed E-state index contributed by atoms with van der Waals surface area (Å²) >= 11 is 3.64. The standard InChI is InChI=1S/C37H22N2OS2/c1-3-9-23(10-4-1)37-38-31-21-30-29-20-26(16-18-35(29)42-36(30)22-32(31)40-37)39(24-11-5-2-6-12-24)25-15-17-34-28(19-25)27-13-7-8-14-33(27)41-34/h1-22H. The van der Waals surface area contributed by atoms with Crippen molar-refractivity contribution in [3.05, 3.63) is 133 Å². The van der Waals surface area contributed by atoms with Crippen molar-refractivity contribution in [3.63, 3.8) is 0 Å². The summed E-state index contributed by atoms with van der Waals surface area (Å²) in [4.78, 5) is 7.21. The van der Waals surface area contributed by atoms with Gasteiger partial charge in [-0.2, -0.15) is 0 Å². The molecule has 0 N–H and O–H groups in total. The Hall–Kier alpha value is -4.97. The lowest BCUT2D eigenvalue weighted by atomic mass is 10.1. The molecule has 0 spiro atoms. The number of benzene rings is 6. The first-order chi connectivity index (χ1) is 20.8. The summed E-state index contributed by atoms with van der Waals surface area (Å²) in [5.41, 5.74) is 6.07. The quantitative estimate of drug-likeness (QED) is 0.209. The molecule has 0 bridgehead atoms. The highest BCUT2D eigenvalue weighted by Crippen LogP contribution is 2.44. The fourth-order valence-electron chi connectivity index (χ4n) is 5.91. The summed E-state index contributed by atoms with van der Waals surface area (Å²) in [7, 11) is 0. The van der Waals surface area contributed by atoms with Crippen molar-refractivity contribution in [2.45, 2.75) is 0 Å². The molecular weight excluding hydrogens is 553 g/mol. The van der Waals surface area contributed by atoms with Gasteiger partial charge in [-0.15, -0.1) is 22.7 Å². The maximum atomic E-state index is 6.18. The van der Waals surface area contributed by atoms with Crippen molar-refractivity contribution < 1.29 is 4.42 Å². The lowest BCUT2D eigenvalue weighted by molar-refractivity contribution is 0.620. The molecule has 3 nitrogen and oxygen atoms in total. The molecule has 198 valence electrons. The van der Waals surface area contributed by atoms with Crippen molar-refractivity contribution in [1.29, 1.82) is 0 Å². The first-order valence-electron chi connectivity index (χ1n) is 13.9. The molecule has 0 aliphatic heterocycles. The molecule has 0 unspecified atom stereocenters. The third-order valence-electron chi connectivity index (χ3n) is 7.87. The number of nitrogens with zero attached hydrogens (tertiary/aromatic N) is 2. The van der Waals surface area contributed by atoms with Crippen LogP contribution in [0.5, 0.6) is 0 Å². The number of rotatable bonds is 4. The van der Waals surface area contributed by atoms with E-state index < -0.39 is 0 Å². The molecule has 9 aromatic rings. The van der Waals surface area contributed by atoms with Crippen molar-refractivity contribution in [1.82, 2.24) is 4.98 Å². The van der Waals surface area contributed by atoms with Gasteiger partial charge in [-0.3, -0.25) is 0 Å². The van der Waals surface area contributed by atoms with Gasteiger partial charge in [-0.1, -0.05) is 54.6 Å². The van der Waals surface area contributed by atoms with E-state index in [0.29, 0.717) is 5.89 Å². The average molecular weight is 575 g/mol. The number of hydrogen-bond acceptors (Lipinski definition) is 5. The predicted octanol–water partition coefficient (Wildman–Crippen LogP) is 11.7. The van der Waals surface area contributed by atoms with Crippen LogP contribution in [0.1, 0.15) is 0 Å². The summed E-state index contributed by atoms with van der Waals surface area (Å²) in [6.45, 7) is 0. The fourth-order valence-corrected chi connectivity index (χ4v) is 8.09. The van der Waals surface area contributed by atoms with E-state index in [0.717, 1.165) is 33.7 Å². The van der Waals surface area contributed by atoms with Crippen molar-refractivity contribution in [2.24, 2.45) is 0 Å². The Balaban J connectivity index is 1.23. The zero-order chi connectivity index (χ0) is 27.6. The van der Waals surface area contributed by atoms with Crippen LogP contribution in [-0.2, 0) is 0 Å². The second-order valence-corrected chi connectivity index (χ2v) is 12.6. The minimum Gasteiger partial charge on any atom is -0.436 e. The maximum absolute atomic E-state index is 6.18. The van der Waals surface area contributed by atoms with Crippen LogP contribution in [0, 0.1) is 0 Å². The Bertz CT molecular complexity index is 2420. The van der Waals surface area contributed by atoms with Crippen LogP contribution in [0.2, 0.25) is 0 Å². The highest BCUT2D eigenvalue weighted by molar-refractivity contribution is 7.26. The lowest BCUT2D eigenvalue weighted by Crippen LogP contribution is -2.09. The highest BCUT2D eigenvalue weighted by Gasteiger charge is 2.17. The number of oxazole rings is 1. The predicted molar refractivity (Wildman–Crippen MR) is 180 cm³/mol. The number of hydrogen-bond donors (Lipinski definition) is 0. The molecule has 0 aliphatic carbocycles. The van der Waals surface area contributed by atoms with Crippen LogP contribution < -0.4 is 4.90 Å². The van der Waals surface area contributed by atoms with Gasteiger partial charge in [0.1, 0.15) is 5.52 Å². The Morgan fingerprint density at radius 1 is 0.476 bits per heavy atom. The van der Waals surface area contributed by atoms with E-state index >= 15 is 0 Å². The molecule has 0 fully saturated rings. The molecule has 0 saturated heterocycles. The Morgan fingerprint density at radius 2 is 1.07 bits per heavy atom. The summed E-state index contributed by atoms with van der Waals surface area (Å²) in [5.74, 6) is 0.653. The second-order valence-electron chi connectivity index (χ2n) is 10.4. The molecule has 0 saturated carbocycles. The monoisotopic (exact) mass is 574 g/mol. The van der Waals surface area contributed by atoms with E-state index in [1.54, 1.807) is 11.3 Å². The van der Waals surface area contributed by atoms with Crippen molar-refractivity contribution in [2.75, 3.05) is 4.90 Å². The topological polar surface area (TPSA) is 29.3 Å². The second kappa shape index (κ2) is 9.28. The molecule has 0 radical (unpaired) electrons. The molecule has 6 aromatic carbocycles. The van der Waals surface area contributed by atoms with Gasteiger partial charge in [0, 0.05) is 69.0 Å². The van der Waals surface area contributed by atoms with Crippen LogP contribution in [-0.4, -0.2) is 4.98 Å². The molecule has 0 amide bonds. The Morgan fingerprint density at radius 3 is 1.83 bits per heavy atom. The number of thiophene rings is 2. The molecular formula is C37H22N2OS2. The number of aromatic nitrogens is 1. The third-order valence-corrected chi connectivity index (χ3v) is 10.2. The van der Waals surface area contributed by atoms with E-state index in [1.165, 1.54) is 40.3 Å². The van der Waals surface area contributed by atoms with Gasteiger partial charge >= 0.3 is 0 Å². The molecule has 9 rings (SSSR count). The zero-order valence-electron chi connectivity index (χ0n) is 22.3. The van der Waals surface area contributed by atoms with E-state index in [2.05, 4.69) is 108 Å². The van der Waals surface area contributed by atoms with E-state index in [4.69, 9.17) is 9.40 Å². The molecule has 42 heavy (non-hydrogen) atoms. The Labute approximate surface area is 249 Å². The molecule has 3 aromatic heterocycles. The summed E-state index contributed by atoms with van der Waals surface area (Å²) < 4.78 is 11.2. The van der Waals surface area contributed by atoms with Gasteiger partial charge in [0.15, 0.2) is 5.58 Å². The smallest absolute Gasteiger partial charge is 0.227 e. The van der Waals surface area contributed by atoms with Crippen molar-refractivity contribution >= 4 is 91.2 Å². The summed E-state index contributed by atoms with van der Waals surface area (Å²) in [5, 5.41) is 5.02. The average Bonchev–Trinajstić information content (AvgIpc) is 3.73. The summed E-state index contributed by atoms with van der Waals surface area (Å²) in [6, 6.07) is 47.3. The SMILES string of the molecule is c1ccc(-c2nc3cc4c(cc3o2)sc2ccc(N(c3ccccc3)c3ccc5sc6ccccc6c5c3)cc24)cc1. The highest BCUT2D eigenvalue weighted by atomic mass is 32.1. The van der Waals surface area contributed by atoms with Gasteiger partial charge in [-0.05, 0) is 72.8 Å². The van der Waals surface area contributed by atoms with Crippen molar-refractivity contribution in [3.8, 4) is 11.5 Å². The Kier molecular flexibility index (Phi) is 5.24. The van der Waals surface area contributed by atoms with Gasteiger partial charge in [0.05, 0.1) is 0 Å². The first kappa shape index (κ1) is 23.7. The van der Waals surface area contributed by atoms with Crippen LogP contribution in [0.15, 0.2) is 138 Å². The molecule has 5 heteroatoms. The van der Waals surface area contributed by atoms with Crippen LogP contribution in [0.3, 0.4) is 0 Å². The van der Waals surface area contributed by atoms with Gasteiger partial charge in [0.25, 0.3) is 0 Å². The summed E-state index contributed by atoms with van der Waals surface area (Å²) in [6.07, 6.45) is 0. The minimum atomic E-state index is 0.653. The number of fused-ring (bicyclic) bond motifs is 7. The van der Waals surface area contributed by atoms with E-state index in [1.807, 2.05) is 41.7 Å². The fraction of sp³-hybridized carbons (Fsp3) is 0. The van der Waals surface area contributed by atoms with Crippen LogP contribution >= 0.6 is 22.7 Å². The van der Waals surface area contributed by atoms with Crippen LogP contribution in [0.25, 0.3) is 62.9 Å². The van der Waals surface area contributed by atoms with E-state index in [-0.39, 0.29) is 0 Å².